The fourth-order valence-electron chi connectivity index (χ4n) is 2.31. The van der Waals surface area contributed by atoms with E-state index in [2.05, 4.69) is 9.97 Å². The second-order valence-corrected chi connectivity index (χ2v) is 4.88. The molecular formula is C16H13F3N2O2. The van der Waals surface area contributed by atoms with Gasteiger partial charge in [-0.1, -0.05) is 0 Å². The molecule has 0 aliphatic rings. The molecule has 7 heteroatoms. The molecule has 23 heavy (non-hydrogen) atoms. The maximum atomic E-state index is 12.8. The number of aromatic nitrogens is 2. The number of hydrogen-bond donors (Lipinski definition) is 1. The summed E-state index contributed by atoms with van der Waals surface area (Å²) >= 11 is 0. The van der Waals surface area contributed by atoms with Gasteiger partial charge in [0.2, 0.25) is 0 Å². The maximum absolute atomic E-state index is 12.8. The Morgan fingerprint density at radius 1 is 1.00 bits per heavy atom. The van der Waals surface area contributed by atoms with Crippen LogP contribution >= 0.6 is 0 Å². The first-order valence-electron chi connectivity index (χ1n) is 6.71. The first kappa shape index (κ1) is 15.2. The van der Waals surface area contributed by atoms with Crippen molar-refractivity contribution in [3.05, 3.63) is 42.0 Å². The minimum absolute atomic E-state index is 0.305. The van der Waals surface area contributed by atoms with Crippen molar-refractivity contribution < 1.29 is 22.6 Å². The van der Waals surface area contributed by atoms with E-state index in [1.807, 2.05) is 0 Å². The van der Waals surface area contributed by atoms with Crippen LogP contribution in [0.1, 0.15) is 5.56 Å². The van der Waals surface area contributed by atoms with Crippen molar-refractivity contribution in [3.63, 3.8) is 0 Å². The number of hydrogen-bond acceptors (Lipinski definition) is 3. The summed E-state index contributed by atoms with van der Waals surface area (Å²) in [6, 6.07) is 8.54. The van der Waals surface area contributed by atoms with Crippen LogP contribution < -0.4 is 9.47 Å². The molecule has 4 nitrogen and oxygen atoms in total. The van der Waals surface area contributed by atoms with Gasteiger partial charge in [0, 0.05) is 0 Å². The van der Waals surface area contributed by atoms with Crippen molar-refractivity contribution in [2.24, 2.45) is 0 Å². The van der Waals surface area contributed by atoms with Gasteiger partial charge >= 0.3 is 6.18 Å². The van der Waals surface area contributed by atoms with E-state index in [0.29, 0.717) is 33.9 Å². The Balaban J connectivity index is 2.14. The first-order valence-corrected chi connectivity index (χ1v) is 6.71. The number of rotatable bonds is 3. The number of aromatic amines is 1. The zero-order valence-electron chi connectivity index (χ0n) is 12.4. The van der Waals surface area contributed by atoms with Crippen LogP contribution in [0.2, 0.25) is 0 Å². The number of benzene rings is 2. The highest BCUT2D eigenvalue weighted by atomic mass is 19.4. The molecule has 0 saturated carbocycles. The molecule has 0 unspecified atom stereocenters. The Morgan fingerprint density at radius 2 is 1.78 bits per heavy atom. The molecule has 0 aliphatic heterocycles. The quantitative estimate of drug-likeness (QED) is 0.783. The van der Waals surface area contributed by atoms with Crippen LogP contribution in [-0.4, -0.2) is 24.2 Å². The largest absolute Gasteiger partial charge is 0.497 e. The van der Waals surface area contributed by atoms with Gasteiger partial charge in [0.1, 0.15) is 17.3 Å². The van der Waals surface area contributed by atoms with Crippen molar-refractivity contribution in [1.82, 2.24) is 9.97 Å². The van der Waals surface area contributed by atoms with E-state index < -0.39 is 11.7 Å². The zero-order valence-corrected chi connectivity index (χ0v) is 12.4. The van der Waals surface area contributed by atoms with E-state index in [1.54, 1.807) is 18.2 Å². The van der Waals surface area contributed by atoms with Crippen LogP contribution in [0.3, 0.4) is 0 Å². The van der Waals surface area contributed by atoms with E-state index in [-0.39, 0.29) is 0 Å². The summed E-state index contributed by atoms with van der Waals surface area (Å²) in [6.07, 6.45) is -4.40. The van der Waals surface area contributed by atoms with Gasteiger partial charge in [0.05, 0.1) is 36.4 Å². The SMILES string of the molecule is COc1ccc(OC)c(-c2nc3ccc(C(F)(F)F)cc3[nH]2)c1. The molecule has 0 spiro atoms. The summed E-state index contributed by atoms with van der Waals surface area (Å²) in [6.45, 7) is 0. The summed E-state index contributed by atoms with van der Waals surface area (Å²) in [4.78, 5) is 7.24. The number of methoxy groups -OCH3 is 2. The summed E-state index contributed by atoms with van der Waals surface area (Å²) in [5, 5.41) is 0. The molecule has 1 aromatic heterocycles. The van der Waals surface area contributed by atoms with E-state index in [1.165, 1.54) is 20.3 Å². The fourth-order valence-corrected chi connectivity index (χ4v) is 2.31. The molecule has 0 fully saturated rings. The summed E-state index contributed by atoms with van der Waals surface area (Å²) < 4.78 is 48.8. The Hall–Kier alpha value is -2.70. The van der Waals surface area contributed by atoms with Gasteiger partial charge in [0.15, 0.2) is 0 Å². The van der Waals surface area contributed by atoms with Crippen molar-refractivity contribution in [2.45, 2.75) is 6.18 Å². The van der Waals surface area contributed by atoms with Gasteiger partial charge in [-0.15, -0.1) is 0 Å². The Kier molecular flexibility index (Phi) is 3.63. The van der Waals surface area contributed by atoms with E-state index in [0.717, 1.165) is 12.1 Å². The second-order valence-electron chi connectivity index (χ2n) is 4.88. The standard InChI is InChI=1S/C16H13F3N2O2/c1-22-10-4-6-14(23-2)11(8-10)15-20-12-5-3-9(16(17,18)19)7-13(12)21-15/h3-8H,1-2H3,(H,20,21). The molecule has 3 rings (SSSR count). The molecule has 0 amide bonds. The van der Waals surface area contributed by atoms with Crippen LogP contribution in [0.15, 0.2) is 36.4 Å². The molecule has 0 bridgehead atoms. The van der Waals surface area contributed by atoms with E-state index >= 15 is 0 Å². The molecule has 1 N–H and O–H groups in total. The molecule has 3 aromatic rings. The fraction of sp³-hybridized carbons (Fsp3) is 0.188. The lowest BCUT2D eigenvalue weighted by Gasteiger charge is -2.08. The third-order valence-corrected chi connectivity index (χ3v) is 3.47. The van der Waals surface area contributed by atoms with Crippen LogP contribution in [0, 0.1) is 0 Å². The molecular weight excluding hydrogens is 309 g/mol. The van der Waals surface area contributed by atoms with Gasteiger partial charge in [-0.25, -0.2) is 4.98 Å². The van der Waals surface area contributed by atoms with Gasteiger partial charge in [0.25, 0.3) is 0 Å². The van der Waals surface area contributed by atoms with Crippen LogP contribution in [-0.2, 0) is 6.18 Å². The van der Waals surface area contributed by atoms with Crippen LogP contribution in [0.5, 0.6) is 11.5 Å². The number of imidazole rings is 1. The highest BCUT2D eigenvalue weighted by Gasteiger charge is 2.30. The molecule has 1 heterocycles. The monoisotopic (exact) mass is 322 g/mol. The first-order chi connectivity index (χ1) is 10.9. The van der Waals surface area contributed by atoms with Crippen molar-refractivity contribution >= 4 is 11.0 Å². The number of H-pyrrole nitrogens is 1. The Labute approximate surface area is 129 Å². The molecule has 0 saturated heterocycles. The van der Waals surface area contributed by atoms with Crippen molar-refractivity contribution in [3.8, 4) is 22.9 Å². The molecule has 0 atom stereocenters. The summed E-state index contributed by atoms with van der Waals surface area (Å²) in [5.41, 5.74) is 0.631. The van der Waals surface area contributed by atoms with Crippen molar-refractivity contribution in [1.29, 1.82) is 0 Å². The molecule has 120 valence electrons. The Bertz CT molecular complexity index is 856. The summed E-state index contributed by atoms with van der Waals surface area (Å²) in [7, 11) is 3.04. The maximum Gasteiger partial charge on any atom is 0.416 e. The zero-order chi connectivity index (χ0) is 16.6. The summed E-state index contributed by atoms with van der Waals surface area (Å²) in [5.74, 6) is 1.55. The highest BCUT2D eigenvalue weighted by Crippen LogP contribution is 2.35. The minimum Gasteiger partial charge on any atom is -0.497 e. The minimum atomic E-state index is -4.40. The lowest BCUT2D eigenvalue weighted by Crippen LogP contribution is -2.04. The lowest BCUT2D eigenvalue weighted by molar-refractivity contribution is -0.137. The molecule has 0 radical (unpaired) electrons. The Morgan fingerprint density at radius 3 is 2.43 bits per heavy atom. The highest BCUT2D eigenvalue weighted by molar-refractivity contribution is 5.81. The third kappa shape index (κ3) is 2.81. The number of ether oxygens (including phenoxy) is 2. The van der Waals surface area contributed by atoms with Crippen molar-refractivity contribution in [2.75, 3.05) is 14.2 Å². The predicted molar refractivity (Wildman–Crippen MR) is 79.6 cm³/mol. The lowest BCUT2D eigenvalue weighted by atomic mass is 10.2. The smallest absolute Gasteiger partial charge is 0.416 e. The van der Waals surface area contributed by atoms with Gasteiger partial charge in [-0.05, 0) is 36.4 Å². The second kappa shape index (κ2) is 5.49. The number of halogens is 3. The molecule has 2 aromatic carbocycles. The van der Waals surface area contributed by atoms with Crippen LogP contribution in [0.25, 0.3) is 22.4 Å². The number of nitrogens with one attached hydrogen (secondary N) is 1. The van der Waals surface area contributed by atoms with Gasteiger partial charge < -0.3 is 14.5 Å². The van der Waals surface area contributed by atoms with Gasteiger partial charge in [-0.3, -0.25) is 0 Å². The average Bonchev–Trinajstić information content (AvgIpc) is 2.96. The normalized spacial score (nSPS) is 11.7. The number of alkyl halides is 3. The van der Waals surface area contributed by atoms with Gasteiger partial charge in [-0.2, -0.15) is 13.2 Å². The number of fused-ring (bicyclic) bond motifs is 1. The topological polar surface area (TPSA) is 47.1 Å². The third-order valence-electron chi connectivity index (χ3n) is 3.47. The average molecular weight is 322 g/mol. The van der Waals surface area contributed by atoms with E-state index in [4.69, 9.17) is 9.47 Å². The predicted octanol–water partition coefficient (Wildman–Crippen LogP) is 4.27. The molecule has 0 aliphatic carbocycles. The van der Waals surface area contributed by atoms with E-state index in [9.17, 15) is 13.2 Å². The number of nitrogens with zero attached hydrogens (tertiary/aromatic N) is 1. The van der Waals surface area contributed by atoms with Crippen LogP contribution in [0.4, 0.5) is 13.2 Å².